The van der Waals surface area contributed by atoms with Gasteiger partial charge in [0.1, 0.15) is 0 Å². The normalized spacial score (nSPS) is 11.4. The summed E-state index contributed by atoms with van der Waals surface area (Å²) in [4.78, 5) is 0. The van der Waals surface area contributed by atoms with Crippen molar-refractivity contribution in [3.05, 3.63) is 231 Å². The molecule has 0 heterocycles. The number of hydrogen-bond donors (Lipinski definition) is 0. The van der Waals surface area contributed by atoms with Crippen LogP contribution in [-0.4, -0.2) is 0 Å². The monoisotopic (exact) mass is 734 g/mol. The van der Waals surface area contributed by atoms with Gasteiger partial charge >= 0.3 is 0 Å². The maximum atomic E-state index is 2.44. The van der Waals surface area contributed by atoms with Crippen molar-refractivity contribution in [3.8, 4) is 66.8 Å². The van der Waals surface area contributed by atoms with Gasteiger partial charge in [0.25, 0.3) is 0 Å². The summed E-state index contributed by atoms with van der Waals surface area (Å²) >= 11 is 0. The van der Waals surface area contributed by atoms with E-state index in [-0.39, 0.29) is 0 Å². The van der Waals surface area contributed by atoms with Crippen LogP contribution in [0.25, 0.3) is 110 Å². The molecule has 0 aliphatic carbocycles. The molecule has 0 saturated heterocycles. The molecule has 0 saturated carbocycles. The quantitative estimate of drug-likeness (QED) is 0.149. The van der Waals surface area contributed by atoms with Crippen molar-refractivity contribution in [2.45, 2.75) is 0 Å². The maximum Gasteiger partial charge on any atom is -0.00199 e. The van der Waals surface area contributed by atoms with Crippen LogP contribution in [0.15, 0.2) is 231 Å². The number of fused-ring (bicyclic) bond motifs is 4. The molecule has 0 N–H and O–H groups in total. The zero-order valence-corrected chi connectivity index (χ0v) is 31.9. The second-order valence-electron chi connectivity index (χ2n) is 15.2. The lowest BCUT2D eigenvalue weighted by molar-refractivity contribution is 1.57. The van der Waals surface area contributed by atoms with Gasteiger partial charge in [0.15, 0.2) is 0 Å². The largest absolute Gasteiger partial charge is 0.0622 e. The smallest absolute Gasteiger partial charge is 0.00199 e. The molecule has 0 radical (unpaired) electrons. The topological polar surface area (TPSA) is 0 Å². The molecule has 0 spiro atoms. The molecule has 58 heavy (non-hydrogen) atoms. The second kappa shape index (κ2) is 14.2. The molecule has 0 aliphatic rings. The van der Waals surface area contributed by atoms with Crippen LogP contribution < -0.4 is 0 Å². The third kappa shape index (κ3) is 5.78. The molecule has 0 bridgehead atoms. The third-order valence-corrected chi connectivity index (χ3v) is 11.9. The average molecular weight is 735 g/mol. The fourth-order valence-electron chi connectivity index (χ4n) is 9.16. The lowest BCUT2D eigenvalue weighted by atomic mass is 9.82. The summed E-state index contributed by atoms with van der Waals surface area (Å²) in [5.74, 6) is 0. The van der Waals surface area contributed by atoms with Gasteiger partial charge in [-0.25, -0.2) is 0 Å². The second-order valence-corrected chi connectivity index (χ2v) is 15.2. The molecule has 270 valence electrons. The van der Waals surface area contributed by atoms with Crippen molar-refractivity contribution < 1.29 is 0 Å². The highest BCUT2D eigenvalue weighted by Gasteiger charge is 2.20. The highest BCUT2D eigenvalue weighted by atomic mass is 14.2. The van der Waals surface area contributed by atoms with E-state index in [4.69, 9.17) is 0 Å². The third-order valence-electron chi connectivity index (χ3n) is 11.9. The van der Waals surface area contributed by atoms with E-state index in [1.165, 1.54) is 110 Å². The molecule has 0 aromatic heterocycles. The summed E-state index contributed by atoms with van der Waals surface area (Å²) < 4.78 is 0. The number of benzene rings is 11. The summed E-state index contributed by atoms with van der Waals surface area (Å²) in [6.07, 6.45) is 0. The summed E-state index contributed by atoms with van der Waals surface area (Å²) in [5, 5.41) is 10.0. The van der Waals surface area contributed by atoms with Gasteiger partial charge in [-0.05, 0) is 122 Å². The number of rotatable bonds is 6. The Labute approximate surface area is 339 Å². The van der Waals surface area contributed by atoms with Gasteiger partial charge < -0.3 is 0 Å². The van der Waals surface area contributed by atoms with Gasteiger partial charge in [-0.3, -0.25) is 0 Å². The SMILES string of the molecule is c1ccc(-c2c3ccccc3c(-c3cc(-c4cccc(-c5ccc(-c6cccc7ccccc67)cc5)c4)ccc3-c3cccc4ccccc34)c3ccccc23)cc1. The first-order valence-electron chi connectivity index (χ1n) is 20.1. The van der Waals surface area contributed by atoms with Crippen LogP contribution >= 0.6 is 0 Å². The summed E-state index contributed by atoms with van der Waals surface area (Å²) in [7, 11) is 0. The van der Waals surface area contributed by atoms with Gasteiger partial charge in [-0.1, -0.05) is 218 Å². The Kier molecular flexibility index (Phi) is 8.26. The Morgan fingerprint density at radius 3 is 1.22 bits per heavy atom. The summed E-state index contributed by atoms with van der Waals surface area (Å²) in [6, 6.07) is 84.6. The average Bonchev–Trinajstić information content (AvgIpc) is 3.30. The molecule has 11 aromatic rings. The van der Waals surface area contributed by atoms with Gasteiger partial charge in [-0.2, -0.15) is 0 Å². The highest BCUT2D eigenvalue weighted by Crippen LogP contribution is 2.48. The molecule has 11 rings (SSSR count). The van der Waals surface area contributed by atoms with Crippen LogP contribution in [0, 0.1) is 0 Å². The first kappa shape index (κ1) is 33.8. The predicted molar refractivity (Wildman–Crippen MR) is 249 cm³/mol. The molecule has 0 aliphatic heterocycles. The number of hydrogen-bond acceptors (Lipinski definition) is 0. The van der Waals surface area contributed by atoms with Gasteiger partial charge in [0.2, 0.25) is 0 Å². The van der Waals surface area contributed by atoms with Crippen molar-refractivity contribution in [2.75, 3.05) is 0 Å². The lowest BCUT2D eigenvalue weighted by Crippen LogP contribution is -1.94. The Hall–Kier alpha value is -7.54. The Morgan fingerprint density at radius 2 is 0.586 bits per heavy atom. The van der Waals surface area contributed by atoms with Crippen LogP contribution in [0.5, 0.6) is 0 Å². The zero-order valence-electron chi connectivity index (χ0n) is 31.9. The maximum absolute atomic E-state index is 2.44. The lowest BCUT2D eigenvalue weighted by Gasteiger charge is -2.21. The van der Waals surface area contributed by atoms with Crippen molar-refractivity contribution in [1.82, 2.24) is 0 Å². The van der Waals surface area contributed by atoms with E-state index in [0.29, 0.717) is 0 Å². The fraction of sp³-hybridized carbons (Fsp3) is 0. The van der Waals surface area contributed by atoms with Gasteiger partial charge in [0, 0.05) is 0 Å². The highest BCUT2D eigenvalue weighted by molar-refractivity contribution is 6.23. The van der Waals surface area contributed by atoms with E-state index in [1.807, 2.05) is 0 Å². The minimum Gasteiger partial charge on any atom is -0.0622 e. The van der Waals surface area contributed by atoms with Crippen LogP contribution in [0.3, 0.4) is 0 Å². The molecule has 0 heteroatoms. The molecule has 11 aromatic carbocycles. The first-order valence-corrected chi connectivity index (χ1v) is 20.1. The minimum absolute atomic E-state index is 1.19. The van der Waals surface area contributed by atoms with E-state index >= 15 is 0 Å². The fourth-order valence-corrected chi connectivity index (χ4v) is 9.16. The summed E-state index contributed by atoms with van der Waals surface area (Å²) in [6.45, 7) is 0. The zero-order chi connectivity index (χ0) is 38.4. The molecule has 0 nitrogen and oxygen atoms in total. The molecule has 0 atom stereocenters. The van der Waals surface area contributed by atoms with Gasteiger partial charge in [-0.15, -0.1) is 0 Å². The Bertz CT molecular complexity index is 3250. The molecule has 0 fully saturated rings. The molecule has 0 amide bonds. The van der Waals surface area contributed by atoms with E-state index < -0.39 is 0 Å². The first-order chi connectivity index (χ1) is 28.8. The molecule has 0 unspecified atom stereocenters. The van der Waals surface area contributed by atoms with E-state index in [1.54, 1.807) is 0 Å². The van der Waals surface area contributed by atoms with Crippen molar-refractivity contribution in [1.29, 1.82) is 0 Å². The minimum atomic E-state index is 1.19. The van der Waals surface area contributed by atoms with Crippen LogP contribution in [0.2, 0.25) is 0 Å². The van der Waals surface area contributed by atoms with Crippen molar-refractivity contribution >= 4 is 43.1 Å². The van der Waals surface area contributed by atoms with Crippen LogP contribution in [0.4, 0.5) is 0 Å². The van der Waals surface area contributed by atoms with E-state index in [9.17, 15) is 0 Å². The van der Waals surface area contributed by atoms with Gasteiger partial charge in [0.05, 0.1) is 0 Å². The van der Waals surface area contributed by atoms with Crippen LogP contribution in [-0.2, 0) is 0 Å². The summed E-state index contributed by atoms with van der Waals surface area (Å²) in [5.41, 5.74) is 14.7. The van der Waals surface area contributed by atoms with Crippen molar-refractivity contribution in [3.63, 3.8) is 0 Å². The standard InChI is InChI=1S/C58H38/c1-2-17-43(18-3-1)57-52-25-8-10-27-54(52)58(55-28-11-9-26-53(55)57)56-38-46(35-36-51(56)50-30-14-20-41-16-5-7-24-49(41)50)45-22-12-21-44(37-45)39-31-33-42(34-32-39)48-29-13-19-40-15-4-6-23-47(40)48/h1-38H. The molecular formula is C58H38. The Morgan fingerprint density at radius 1 is 0.172 bits per heavy atom. The van der Waals surface area contributed by atoms with Crippen molar-refractivity contribution in [2.24, 2.45) is 0 Å². The Balaban J connectivity index is 1.11. The van der Waals surface area contributed by atoms with Crippen LogP contribution in [0.1, 0.15) is 0 Å². The van der Waals surface area contributed by atoms with E-state index in [2.05, 4.69) is 231 Å². The predicted octanol–water partition coefficient (Wildman–Crippen LogP) is 16.3. The molecular weight excluding hydrogens is 697 g/mol. The van der Waals surface area contributed by atoms with E-state index in [0.717, 1.165) is 0 Å².